The molecular formula is C19H18FN. The molecule has 1 aromatic rings. The molecule has 2 aliphatic carbocycles. The Hall–Kier alpha value is -1.96. The minimum absolute atomic E-state index is 0.112. The lowest BCUT2D eigenvalue weighted by molar-refractivity contribution is 0.622. The molecule has 1 heterocycles. The highest BCUT2D eigenvalue weighted by molar-refractivity contribution is 6.07. The van der Waals surface area contributed by atoms with Crippen LogP contribution >= 0.6 is 0 Å². The van der Waals surface area contributed by atoms with Gasteiger partial charge in [0.1, 0.15) is 5.82 Å². The Morgan fingerprint density at radius 2 is 2.10 bits per heavy atom. The van der Waals surface area contributed by atoms with E-state index < -0.39 is 0 Å². The lowest BCUT2D eigenvalue weighted by Crippen LogP contribution is -2.30. The van der Waals surface area contributed by atoms with E-state index in [1.807, 2.05) is 6.07 Å². The summed E-state index contributed by atoms with van der Waals surface area (Å²) < 4.78 is 13.4. The molecule has 1 aromatic carbocycles. The quantitative estimate of drug-likeness (QED) is 0.605. The number of hydrogen-bond acceptors (Lipinski definition) is 1. The third kappa shape index (κ3) is 1.93. The smallest absolute Gasteiger partial charge is 0.123 e. The Bertz CT molecular complexity index is 775. The average molecular weight is 279 g/mol. The van der Waals surface area contributed by atoms with Gasteiger partial charge >= 0.3 is 0 Å². The van der Waals surface area contributed by atoms with Crippen LogP contribution in [0.2, 0.25) is 0 Å². The molecule has 0 bridgehead atoms. The third-order valence-electron chi connectivity index (χ3n) is 4.55. The maximum atomic E-state index is 13.4. The second-order valence-electron chi connectivity index (χ2n) is 6.78. The number of nitrogens with zero attached hydrogens (tertiary/aromatic N) is 1. The van der Waals surface area contributed by atoms with Gasteiger partial charge in [-0.25, -0.2) is 4.39 Å². The van der Waals surface area contributed by atoms with E-state index in [1.54, 1.807) is 12.1 Å². The summed E-state index contributed by atoms with van der Waals surface area (Å²) in [5, 5.41) is 0. The molecule has 1 atom stereocenters. The molecule has 0 radical (unpaired) electrons. The van der Waals surface area contributed by atoms with Gasteiger partial charge in [0, 0.05) is 18.1 Å². The first-order chi connectivity index (χ1) is 9.93. The predicted molar refractivity (Wildman–Crippen MR) is 85.7 cm³/mol. The maximum absolute atomic E-state index is 13.4. The van der Waals surface area contributed by atoms with Crippen molar-refractivity contribution in [2.75, 3.05) is 0 Å². The van der Waals surface area contributed by atoms with Gasteiger partial charge in [-0.3, -0.25) is 4.99 Å². The zero-order valence-electron chi connectivity index (χ0n) is 12.6. The molecule has 0 saturated heterocycles. The molecule has 0 N–H and O–H groups in total. The first-order valence-electron chi connectivity index (χ1n) is 7.44. The van der Waals surface area contributed by atoms with Crippen LogP contribution in [-0.4, -0.2) is 11.3 Å². The van der Waals surface area contributed by atoms with Crippen LogP contribution in [0.15, 0.2) is 46.5 Å². The number of allylic oxidation sites excluding steroid dienone is 4. The van der Waals surface area contributed by atoms with E-state index in [9.17, 15) is 4.39 Å². The van der Waals surface area contributed by atoms with Crippen molar-refractivity contribution in [3.63, 3.8) is 0 Å². The molecule has 0 amide bonds. The molecule has 0 fully saturated rings. The van der Waals surface area contributed by atoms with Crippen LogP contribution in [0.3, 0.4) is 0 Å². The fraction of sp³-hybridized carbons (Fsp3) is 0.316. The minimum Gasteiger partial charge on any atom is -0.283 e. The van der Waals surface area contributed by atoms with E-state index in [-0.39, 0.29) is 11.4 Å². The van der Waals surface area contributed by atoms with Crippen molar-refractivity contribution in [1.82, 2.24) is 0 Å². The molecule has 2 heteroatoms. The number of halogens is 1. The SMILES string of the molecule is CC1=CC(C)(C)N=C2CC3=Cc4cc(F)ccc4C3=CC12. The molecule has 3 aliphatic rings. The number of fused-ring (bicyclic) bond motifs is 4. The zero-order valence-corrected chi connectivity index (χ0v) is 12.6. The van der Waals surface area contributed by atoms with Crippen molar-refractivity contribution >= 4 is 17.4 Å². The normalized spacial score (nSPS) is 25.0. The van der Waals surface area contributed by atoms with Gasteiger partial charge in [0.2, 0.25) is 0 Å². The van der Waals surface area contributed by atoms with E-state index in [1.165, 1.54) is 22.4 Å². The molecule has 1 aliphatic heterocycles. The predicted octanol–water partition coefficient (Wildman–Crippen LogP) is 4.81. The average Bonchev–Trinajstić information content (AvgIpc) is 2.71. The number of hydrogen-bond donors (Lipinski definition) is 0. The Morgan fingerprint density at radius 3 is 2.90 bits per heavy atom. The van der Waals surface area contributed by atoms with Crippen LogP contribution in [0.25, 0.3) is 11.6 Å². The Morgan fingerprint density at radius 1 is 1.29 bits per heavy atom. The lowest BCUT2D eigenvalue weighted by Gasteiger charge is -2.33. The summed E-state index contributed by atoms with van der Waals surface area (Å²) in [5.74, 6) is 0.137. The molecular weight excluding hydrogens is 261 g/mol. The van der Waals surface area contributed by atoms with Crippen molar-refractivity contribution in [2.45, 2.75) is 32.7 Å². The largest absolute Gasteiger partial charge is 0.283 e. The number of dihydropyridines is 1. The lowest BCUT2D eigenvalue weighted by atomic mass is 9.77. The zero-order chi connectivity index (χ0) is 14.8. The first-order valence-corrected chi connectivity index (χ1v) is 7.44. The highest BCUT2D eigenvalue weighted by atomic mass is 19.1. The van der Waals surface area contributed by atoms with Crippen LogP contribution in [0.5, 0.6) is 0 Å². The summed E-state index contributed by atoms with van der Waals surface area (Å²) in [6.45, 7) is 6.48. The monoisotopic (exact) mass is 279 g/mol. The van der Waals surface area contributed by atoms with Crippen LogP contribution in [0.1, 0.15) is 38.3 Å². The van der Waals surface area contributed by atoms with Crippen LogP contribution < -0.4 is 0 Å². The number of benzene rings is 1. The summed E-state index contributed by atoms with van der Waals surface area (Å²) in [6, 6.07) is 5.07. The maximum Gasteiger partial charge on any atom is 0.123 e. The highest BCUT2D eigenvalue weighted by Crippen LogP contribution is 2.44. The fourth-order valence-corrected chi connectivity index (χ4v) is 3.80. The summed E-state index contributed by atoms with van der Waals surface area (Å²) >= 11 is 0. The van der Waals surface area contributed by atoms with E-state index >= 15 is 0 Å². The molecule has 0 aromatic heterocycles. The van der Waals surface area contributed by atoms with Gasteiger partial charge in [-0.15, -0.1) is 0 Å². The standard InChI is InChI=1S/C19H18FN/c1-11-10-19(2,3)21-18-8-13-6-12-7-14(20)4-5-15(12)17(13)9-16(11)18/h4-7,9-10,16H,8H2,1-3H3. The van der Waals surface area contributed by atoms with E-state index in [2.05, 4.69) is 39.0 Å². The summed E-state index contributed by atoms with van der Waals surface area (Å²) in [5.41, 5.74) is 7.19. The third-order valence-corrected chi connectivity index (χ3v) is 4.55. The molecule has 21 heavy (non-hydrogen) atoms. The second kappa shape index (κ2) is 4.03. The van der Waals surface area contributed by atoms with E-state index in [4.69, 9.17) is 4.99 Å². The van der Waals surface area contributed by atoms with Crippen molar-refractivity contribution in [3.05, 3.63) is 58.4 Å². The highest BCUT2D eigenvalue weighted by Gasteiger charge is 2.33. The molecule has 1 unspecified atom stereocenters. The van der Waals surface area contributed by atoms with E-state index in [0.29, 0.717) is 5.92 Å². The fourth-order valence-electron chi connectivity index (χ4n) is 3.80. The van der Waals surface area contributed by atoms with Gasteiger partial charge < -0.3 is 0 Å². The van der Waals surface area contributed by atoms with Crippen molar-refractivity contribution < 1.29 is 4.39 Å². The van der Waals surface area contributed by atoms with Gasteiger partial charge in [0.25, 0.3) is 0 Å². The summed E-state index contributed by atoms with van der Waals surface area (Å²) in [7, 11) is 0. The second-order valence-corrected chi connectivity index (χ2v) is 6.78. The number of aliphatic imine (C=N–C) groups is 1. The van der Waals surface area contributed by atoms with Crippen LogP contribution in [-0.2, 0) is 0 Å². The minimum atomic E-state index is -0.170. The van der Waals surface area contributed by atoms with Crippen LogP contribution in [0, 0.1) is 11.7 Å². The topological polar surface area (TPSA) is 12.4 Å². The van der Waals surface area contributed by atoms with E-state index in [0.717, 1.165) is 17.5 Å². The Kier molecular flexibility index (Phi) is 2.45. The van der Waals surface area contributed by atoms with Crippen molar-refractivity contribution in [2.24, 2.45) is 10.9 Å². The van der Waals surface area contributed by atoms with Crippen molar-refractivity contribution in [3.8, 4) is 0 Å². The van der Waals surface area contributed by atoms with Crippen molar-refractivity contribution in [1.29, 1.82) is 0 Å². The number of rotatable bonds is 0. The van der Waals surface area contributed by atoms with Gasteiger partial charge in [-0.2, -0.15) is 0 Å². The molecule has 0 saturated carbocycles. The van der Waals surface area contributed by atoms with Gasteiger partial charge in [0.15, 0.2) is 0 Å². The van der Waals surface area contributed by atoms with Gasteiger partial charge in [-0.05, 0) is 55.2 Å². The van der Waals surface area contributed by atoms with Crippen LogP contribution in [0.4, 0.5) is 4.39 Å². The molecule has 0 spiro atoms. The summed E-state index contributed by atoms with van der Waals surface area (Å²) in [4.78, 5) is 4.91. The summed E-state index contributed by atoms with van der Waals surface area (Å²) in [6.07, 6.45) is 7.55. The molecule has 4 rings (SSSR count). The first kappa shape index (κ1) is 12.8. The van der Waals surface area contributed by atoms with Gasteiger partial charge in [0.05, 0.1) is 5.54 Å². The Labute approximate surface area is 124 Å². The Balaban J connectivity index is 1.86. The molecule has 106 valence electrons. The molecule has 1 nitrogen and oxygen atoms in total. The van der Waals surface area contributed by atoms with Gasteiger partial charge in [-0.1, -0.05) is 29.9 Å².